The molecule has 0 aliphatic carbocycles. The van der Waals surface area contributed by atoms with E-state index in [2.05, 4.69) is 30.1 Å². The van der Waals surface area contributed by atoms with Crippen molar-refractivity contribution in [2.24, 2.45) is 0 Å². The van der Waals surface area contributed by atoms with Crippen molar-refractivity contribution < 1.29 is 9.59 Å². The monoisotopic (exact) mass is 393 g/mol. The number of anilines is 1. The Labute approximate surface area is 173 Å². The van der Waals surface area contributed by atoms with Gasteiger partial charge in [-0.05, 0) is 43.0 Å². The highest BCUT2D eigenvalue weighted by Crippen LogP contribution is 2.26. The van der Waals surface area contributed by atoms with Gasteiger partial charge in [0, 0.05) is 37.4 Å². The first-order valence-corrected chi connectivity index (χ1v) is 10.5. The van der Waals surface area contributed by atoms with Crippen molar-refractivity contribution in [3.63, 3.8) is 0 Å². The first-order chi connectivity index (χ1) is 14.0. The molecule has 3 rings (SSSR count). The summed E-state index contributed by atoms with van der Waals surface area (Å²) >= 11 is 0. The van der Waals surface area contributed by atoms with Crippen LogP contribution in [0.5, 0.6) is 0 Å². The Morgan fingerprint density at radius 2 is 1.55 bits per heavy atom. The Hall–Kier alpha value is -2.66. The number of carbonyl (C=O) groups is 2. The summed E-state index contributed by atoms with van der Waals surface area (Å²) in [7, 11) is 0. The predicted octanol–water partition coefficient (Wildman–Crippen LogP) is 3.99. The van der Waals surface area contributed by atoms with Crippen LogP contribution in [0.1, 0.15) is 49.0 Å². The summed E-state index contributed by atoms with van der Waals surface area (Å²) in [5, 5.41) is 3.12. The molecule has 2 atom stereocenters. The van der Waals surface area contributed by atoms with Crippen LogP contribution >= 0.6 is 0 Å². The Morgan fingerprint density at radius 3 is 2.21 bits per heavy atom. The highest BCUT2D eigenvalue weighted by molar-refractivity contribution is 5.95. The Kier molecular flexibility index (Phi) is 7.04. The molecule has 2 aromatic rings. The van der Waals surface area contributed by atoms with Gasteiger partial charge in [0.2, 0.25) is 5.91 Å². The third kappa shape index (κ3) is 5.04. The van der Waals surface area contributed by atoms with E-state index in [4.69, 9.17) is 0 Å². The van der Waals surface area contributed by atoms with Gasteiger partial charge in [-0.2, -0.15) is 0 Å². The molecule has 2 aromatic carbocycles. The summed E-state index contributed by atoms with van der Waals surface area (Å²) < 4.78 is 0. The maximum Gasteiger partial charge on any atom is 0.253 e. The molecule has 5 heteroatoms. The molecule has 1 aliphatic rings. The van der Waals surface area contributed by atoms with Gasteiger partial charge >= 0.3 is 0 Å². The highest BCUT2D eigenvalue weighted by atomic mass is 16.2. The lowest BCUT2D eigenvalue weighted by Crippen LogP contribution is -2.54. The number of amides is 2. The molecule has 1 N–H and O–H groups in total. The second kappa shape index (κ2) is 9.70. The SMILES string of the molecule is CC[C@H](C)c1ccccc1NC(=O)[C@@H](C)N1CCN(C(=O)c2ccccc2)CC1. The van der Waals surface area contributed by atoms with Crippen LogP contribution in [-0.2, 0) is 4.79 Å². The number of para-hydroxylation sites is 1. The number of benzene rings is 2. The molecule has 0 saturated carbocycles. The Bertz CT molecular complexity index is 829. The molecule has 0 aromatic heterocycles. The van der Waals surface area contributed by atoms with Gasteiger partial charge < -0.3 is 10.2 Å². The summed E-state index contributed by atoms with van der Waals surface area (Å²) in [6.07, 6.45) is 1.03. The van der Waals surface area contributed by atoms with Gasteiger partial charge in [0.25, 0.3) is 5.91 Å². The minimum absolute atomic E-state index is 0.00332. The maximum absolute atomic E-state index is 12.9. The largest absolute Gasteiger partial charge is 0.336 e. The minimum Gasteiger partial charge on any atom is -0.336 e. The van der Waals surface area contributed by atoms with E-state index in [1.165, 1.54) is 5.56 Å². The molecule has 1 saturated heterocycles. The number of hydrogen-bond donors (Lipinski definition) is 1. The van der Waals surface area contributed by atoms with Crippen LogP contribution in [-0.4, -0.2) is 53.8 Å². The number of nitrogens with one attached hydrogen (secondary N) is 1. The van der Waals surface area contributed by atoms with E-state index in [0.717, 1.165) is 12.1 Å². The smallest absolute Gasteiger partial charge is 0.253 e. The summed E-state index contributed by atoms with van der Waals surface area (Å²) in [6, 6.07) is 17.2. The van der Waals surface area contributed by atoms with Crippen molar-refractivity contribution >= 4 is 17.5 Å². The lowest BCUT2D eigenvalue weighted by atomic mass is 9.97. The van der Waals surface area contributed by atoms with Crippen molar-refractivity contribution in [1.82, 2.24) is 9.80 Å². The maximum atomic E-state index is 12.9. The molecule has 2 amide bonds. The third-order valence-electron chi connectivity index (χ3n) is 5.91. The first kappa shape index (κ1) is 21.1. The van der Waals surface area contributed by atoms with Crippen LogP contribution in [0.15, 0.2) is 54.6 Å². The van der Waals surface area contributed by atoms with Gasteiger partial charge in [0.05, 0.1) is 6.04 Å². The van der Waals surface area contributed by atoms with Gasteiger partial charge in [-0.1, -0.05) is 50.2 Å². The minimum atomic E-state index is -0.242. The molecular formula is C24H31N3O2. The molecule has 0 unspecified atom stereocenters. The van der Waals surface area contributed by atoms with Crippen LogP contribution in [0.4, 0.5) is 5.69 Å². The molecule has 1 aliphatic heterocycles. The lowest BCUT2D eigenvalue weighted by Gasteiger charge is -2.37. The van der Waals surface area contributed by atoms with Crippen LogP contribution in [0.2, 0.25) is 0 Å². The van der Waals surface area contributed by atoms with Crippen LogP contribution < -0.4 is 5.32 Å². The zero-order chi connectivity index (χ0) is 20.8. The fraction of sp³-hybridized carbons (Fsp3) is 0.417. The molecule has 5 nitrogen and oxygen atoms in total. The van der Waals surface area contributed by atoms with Gasteiger partial charge in [0.15, 0.2) is 0 Å². The van der Waals surface area contributed by atoms with E-state index in [1.807, 2.05) is 60.4 Å². The number of piperazine rings is 1. The topological polar surface area (TPSA) is 52.7 Å². The van der Waals surface area contributed by atoms with Crippen molar-refractivity contribution in [3.05, 3.63) is 65.7 Å². The molecule has 154 valence electrons. The Balaban J connectivity index is 1.57. The van der Waals surface area contributed by atoms with Gasteiger partial charge in [-0.25, -0.2) is 0 Å². The molecule has 0 spiro atoms. The van der Waals surface area contributed by atoms with Crippen molar-refractivity contribution in [2.75, 3.05) is 31.5 Å². The van der Waals surface area contributed by atoms with E-state index >= 15 is 0 Å². The zero-order valence-corrected chi connectivity index (χ0v) is 17.6. The van der Waals surface area contributed by atoms with E-state index in [9.17, 15) is 9.59 Å². The first-order valence-electron chi connectivity index (χ1n) is 10.5. The van der Waals surface area contributed by atoms with Crippen LogP contribution in [0, 0.1) is 0 Å². The average Bonchev–Trinajstić information content (AvgIpc) is 2.78. The van der Waals surface area contributed by atoms with Gasteiger partial charge in [0.1, 0.15) is 0 Å². The molecule has 1 heterocycles. The van der Waals surface area contributed by atoms with Crippen molar-refractivity contribution in [1.29, 1.82) is 0 Å². The van der Waals surface area contributed by atoms with Crippen molar-refractivity contribution in [3.8, 4) is 0 Å². The summed E-state index contributed by atoms with van der Waals surface area (Å²) in [6.45, 7) is 8.93. The molecule has 29 heavy (non-hydrogen) atoms. The average molecular weight is 394 g/mol. The lowest BCUT2D eigenvalue weighted by molar-refractivity contribution is -0.121. The summed E-state index contributed by atoms with van der Waals surface area (Å²) in [5.41, 5.74) is 2.79. The molecule has 0 radical (unpaired) electrons. The number of nitrogens with zero attached hydrogens (tertiary/aromatic N) is 2. The number of carbonyl (C=O) groups excluding carboxylic acids is 2. The predicted molar refractivity (Wildman–Crippen MR) is 117 cm³/mol. The standard InChI is InChI=1S/C24H31N3O2/c1-4-18(2)21-12-8-9-13-22(21)25-23(28)19(3)26-14-16-27(17-15-26)24(29)20-10-6-5-7-11-20/h5-13,18-19H,4,14-17H2,1-3H3,(H,25,28)/t18-,19+/m0/s1. The van der Waals surface area contributed by atoms with Crippen LogP contribution in [0.25, 0.3) is 0 Å². The van der Waals surface area contributed by atoms with Gasteiger partial charge in [-0.3, -0.25) is 14.5 Å². The fourth-order valence-corrected chi connectivity index (χ4v) is 3.74. The summed E-state index contributed by atoms with van der Waals surface area (Å²) in [5.74, 6) is 0.461. The Morgan fingerprint density at radius 1 is 0.931 bits per heavy atom. The second-order valence-corrected chi connectivity index (χ2v) is 7.76. The normalized spacial score (nSPS) is 16.9. The summed E-state index contributed by atoms with van der Waals surface area (Å²) in [4.78, 5) is 29.5. The highest BCUT2D eigenvalue weighted by Gasteiger charge is 2.28. The second-order valence-electron chi connectivity index (χ2n) is 7.76. The van der Waals surface area contributed by atoms with E-state index in [0.29, 0.717) is 37.7 Å². The molecule has 1 fully saturated rings. The van der Waals surface area contributed by atoms with E-state index in [1.54, 1.807) is 0 Å². The number of hydrogen-bond acceptors (Lipinski definition) is 3. The fourth-order valence-electron chi connectivity index (χ4n) is 3.74. The molecule has 0 bridgehead atoms. The van der Waals surface area contributed by atoms with E-state index in [-0.39, 0.29) is 17.9 Å². The zero-order valence-electron chi connectivity index (χ0n) is 17.6. The van der Waals surface area contributed by atoms with Gasteiger partial charge in [-0.15, -0.1) is 0 Å². The number of rotatable bonds is 6. The van der Waals surface area contributed by atoms with Crippen LogP contribution in [0.3, 0.4) is 0 Å². The van der Waals surface area contributed by atoms with E-state index < -0.39 is 0 Å². The quantitative estimate of drug-likeness (QED) is 0.807. The molecular weight excluding hydrogens is 362 g/mol. The van der Waals surface area contributed by atoms with Crippen molar-refractivity contribution in [2.45, 2.75) is 39.2 Å². The third-order valence-corrected chi connectivity index (χ3v) is 5.91.